The summed E-state index contributed by atoms with van der Waals surface area (Å²) in [6, 6.07) is 20.6. The van der Waals surface area contributed by atoms with E-state index in [2.05, 4.69) is 60.8 Å². The molecule has 3 heterocycles. The summed E-state index contributed by atoms with van der Waals surface area (Å²) in [5, 5.41) is 8.21. The maximum Gasteiger partial charge on any atom is 0.175 e. The number of anilines is 3. The van der Waals surface area contributed by atoms with Crippen molar-refractivity contribution in [1.82, 2.24) is 15.0 Å². The van der Waals surface area contributed by atoms with Gasteiger partial charge in [-0.2, -0.15) is 0 Å². The summed E-state index contributed by atoms with van der Waals surface area (Å²) in [4.78, 5) is 14.5. The number of nitrogens with zero attached hydrogens (tertiary/aromatic N) is 3. The molecule has 1 aliphatic heterocycles. The Bertz CT molecular complexity index is 1190. The lowest BCUT2D eigenvalue weighted by Gasteiger charge is -2.34. The molecule has 2 aromatic heterocycles. The van der Waals surface area contributed by atoms with Crippen LogP contribution in [0.4, 0.5) is 17.2 Å². The Balaban J connectivity index is 1.30. The fraction of sp³-hybridized carbons (Fsp3) is 0.208. The third-order valence-corrected chi connectivity index (χ3v) is 5.91. The summed E-state index contributed by atoms with van der Waals surface area (Å²) in [7, 11) is 0. The third kappa shape index (κ3) is 4.36. The van der Waals surface area contributed by atoms with E-state index in [4.69, 9.17) is 12.2 Å². The Morgan fingerprint density at radius 2 is 1.84 bits per heavy atom. The standard InChI is InChI=1S/C24H24N6S/c31-24(28-19-8-2-1-3-9-19)29-20-10-4-6-17(14-20)18-7-5-13-30(15-18)23-21-11-12-25-22(21)26-16-27-23/h1-4,6,8-12,14,16,18H,5,7,13,15H2,(H,25,26,27)(H2,28,29,31). The lowest BCUT2D eigenvalue weighted by Crippen LogP contribution is -2.35. The van der Waals surface area contributed by atoms with Crippen molar-refractivity contribution >= 4 is 45.6 Å². The minimum Gasteiger partial charge on any atom is -0.355 e. The number of thiocarbonyl (C=S) groups is 1. The second-order valence-corrected chi connectivity index (χ2v) is 8.20. The topological polar surface area (TPSA) is 68.9 Å². The molecule has 6 nitrogen and oxygen atoms in total. The molecule has 0 spiro atoms. The monoisotopic (exact) mass is 428 g/mol. The molecule has 4 aromatic rings. The number of H-pyrrole nitrogens is 1. The van der Waals surface area contributed by atoms with Gasteiger partial charge in [0.05, 0.1) is 5.39 Å². The molecular weight excluding hydrogens is 404 g/mol. The smallest absolute Gasteiger partial charge is 0.175 e. The van der Waals surface area contributed by atoms with E-state index in [1.54, 1.807) is 6.33 Å². The van der Waals surface area contributed by atoms with Gasteiger partial charge in [-0.05, 0) is 61.0 Å². The van der Waals surface area contributed by atoms with E-state index < -0.39 is 0 Å². The summed E-state index contributed by atoms with van der Waals surface area (Å²) in [5.74, 6) is 1.45. The molecule has 3 N–H and O–H groups in total. The summed E-state index contributed by atoms with van der Waals surface area (Å²) in [5.41, 5.74) is 4.17. The Kier molecular flexibility index (Phi) is 5.50. The van der Waals surface area contributed by atoms with Crippen LogP contribution in [0.3, 0.4) is 0 Å². The van der Waals surface area contributed by atoms with Crippen molar-refractivity contribution in [3.05, 3.63) is 78.8 Å². The zero-order chi connectivity index (χ0) is 21.0. The van der Waals surface area contributed by atoms with Gasteiger partial charge in [0, 0.05) is 36.6 Å². The van der Waals surface area contributed by atoms with Gasteiger partial charge in [-0.15, -0.1) is 0 Å². The number of hydrogen-bond acceptors (Lipinski definition) is 4. The molecule has 1 aliphatic rings. The molecule has 1 fully saturated rings. The van der Waals surface area contributed by atoms with Gasteiger partial charge < -0.3 is 20.5 Å². The van der Waals surface area contributed by atoms with E-state index in [0.29, 0.717) is 11.0 Å². The Hall–Kier alpha value is -3.45. The first-order valence-corrected chi connectivity index (χ1v) is 10.9. The first-order chi connectivity index (χ1) is 15.3. The minimum atomic E-state index is 0.440. The van der Waals surface area contributed by atoms with Crippen molar-refractivity contribution in [2.24, 2.45) is 0 Å². The zero-order valence-corrected chi connectivity index (χ0v) is 17.9. The Labute approximate surface area is 186 Å². The van der Waals surface area contributed by atoms with Crippen molar-refractivity contribution < 1.29 is 0 Å². The quantitative estimate of drug-likeness (QED) is 0.391. The van der Waals surface area contributed by atoms with Crippen LogP contribution in [-0.4, -0.2) is 33.2 Å². The lowest BCUT2D eigenvalue weighted by atomic mass is 9.90. The van der Waals surface area contributed by atoms with Gasteiger partial charge in [0.1, 0.15) is 17.8 Å². The highest BCUT2D eigenvalue weighted by Gasteiger charge is 2.24. The summed E-state index contributed by atoms with van der Waals surface area (Å²) in [6.07, 6.45) is 5.86. The largest absolute Gasteiger partial charge is 0.355 e. The van der Waals surface area contributed by atoms with Gasteiger partial charge in [0.2, 0.25) is 0 Å². The average Bonchev–Trinajstić information content (AvgIpc) is 3.29. The van der Waals surface area contributed by atoms with E-state index in [1.165, 1.54) is 5.56 Å². The number of hydrogen-bond donors (Lipinski definition) is 3. The van der Waals surface area contributed by atoms with E-state index in [9.17, 15) is 0 Å². The molecule has 0 aliphatic carbocycles. The maximum atomic E-state index is 5.49. The molecule has 0 saturated carbocycles. The molecule has 0 amide bonds. The average molecular weight is 429 g/mol. The maximum absolute atomic E-state index is 5.49. The number of nitrogens with one attached hydrogen (secondary N) is 3. The molecule has 7 heteroatoms. The highest BCUT2D eigenvalue weighted by Crippen LogP contribution is 2.32. The molecule has 1 unspecified atom stereocenters. The van der Waals surface area contributed by atoms with Crippen LogP contribution in [0, 0.1) is 0 Å². The fourth-order valence-electron chi connectivity index (χ4n) is 4.24. The van der Waals surface area contributed by atoms with Crippen LogP contribution in [0.15, 0.2) is 73.2 Å². The third-order valence-electron chi connectivity index (χ3n) is 5.70. The van der Waals surface area contributed by atoms with Crippen molar-refractivity contribution in [2.75, 3.05) is 28.6 Å². The summed E-state index contributed by atoms with van der Waals surface area (Å²) < 4.78 is 0. The lowest BCUT2D eigenvalue weighted by molar-refractivity contribution is 0.508. The molecule has 1 saturated heterocycles. The predicted octanol–water partition coefficient (Wildman–Crippen LogP) is 5.15. The Morgan fingerprint density at radius 1 is 1.00 bits per heavy atom. The van der Waals surface area contributed by atoms with Crippen LogP contribution >= 0.6 is 12.2 Å². The van der Waals surface area contributed by atoms with Gasteiger partial charge in [-0.3, -0.25) is 0 Å². The zero-order valence-electron chi connectivity index (χ0n) is 17.1. The number of rotatable bonds is 4. The van der Waals surface area contributed by atoms with Crippen LogP contribution in [0.25, 0.3) is 11.0 Å². The number of aromatic nitrogens is 3. The molecule has 31 heavy (non-hydrogen) atoms. The first-order valence-electron chi connectivity index (χ1n) is 10.5. The normalized spacial score (nSPS) is 16.3. The van der Waals surface area contributed by atoms with Gasteiger partial charge in [0.25, 0.3) is 0 Å². The molecule has 5 rings (SSSR count). The molecule has 0 bridgehead atoms. The number of benzene rings is 2. The van der Waals surface area contributed by atoms with Crippen molar-refractivity contribution in [3.8, 4) is 0 Å². The van der Waals surface area contributed by atoms with Crippen molar-refractivity contribution in [2.45, 2.75) is 18.8 Å². The molecule has 2 aromatic carbocycles. The first kappa shape index (κ1) is 19.5. The van der Waals surface area contributed by atoms with Gasteiger partial charge in [-0.1, -0.05) is 30.3 Å². The van der Waals surface area contributed by atoms with Crippen LogP contribution in [0.1, 0.15) is 24.3 Å². The van der Waals surface area contributed by atoms with E-state index in [0.717, 1.165) is 54.2 Å². The Morgan fingerprint density at radius 3 is 2.74 bits per heavy atom. The number of fused-ring (bicyclic) bond motifs is 1. The second-order valence-electron chi connectivity index (χ2n) is 7.79. The molecule has 156 valence electrons. The highest BCUT2D eigenvalue weighted by molar-refractivity contribution is 7.80. The highest BCUT2D eigenvalue weighted by atomic mass is 32.1. The van der Waals surface area contributed by atoms with Crippen molar-refractivity contribution in [1.29, 1.82) is 0 Å². The van der Waals surface area contributed by atoms with E-state index >= 15 is 0 Å². The number of piperidine rings is 1. The van der Waals surface area contributed by atoms with E-state index in [-0.39, 0.29) is 0 Å². The van der Waals surface area contributed by atoms with Crippen LogP contribution in [0.2, 0.25) is 0 Å². The van der Waals surface area contributed by atoms with Crippen molar-refractivity contribution in [3.63, 3.8) is 0 Å². The number of para-hydroxylation sites is 1. The SMILES string of the molecule is S=C(Nc1ccccc1)Nc1cccc(C2CCCN(c3ncnc4[nH]ccc34)C2)c1. The van der Waals surface area contributed by atoms with E-state index in [1.807, 2.05) is 36.5 Å². The predicted molar refractivity (Wildman–Crippen MR) is 131 cm³/mol. The van der Waals surface area contributed by atoms with Crippen LogP contribution < -0.4 is 15.5 Å². The molecular formula is C24H24N6S. The summed E-state index contributed by atoms with van der Waals surface area (Å²) >= 11 is 5.49. The van der Waals surface area contributed by atoms with Gasteiger partial charge in [0.15, 0.2) is 5.11 Å². The van der Waals surface area contributed by atoms with Gasteiger partial charge in [-0.25, -0.2) is 9.97 Å². The fourth-order valence-corrected chi connectivity index (χ4v) is 4.47. The number of aromatic amines is 1. The minimum absolute atomic E-state index is 0.440. The van der Waals surface area contributed by atoms with Gasteiger partial charge >= 0.3 is 0 Å². The second kappa shape index (κ2) is 8.73. The molecule has 0 radical (unpaired) electrons. The molecule has 1 atom stereocenters. The van der Waals surface area contributed by atoms with Crippen LogP contribution in [0.5, 0.6) is 0 Å². The summed E-state index contributed by atoms with van der Waals surface area (Å²) in [6.45, 7) is 1.95. The van der Waals surface area contributed by atoms with Crippen LogP contribution in [-0.2, 0) is 0 Å².